The molecule has 1 aromatic heterocycles. The molecule has 0 spiro atoms. The molecular weight excluding hydrogens is 212 g/mol. The second kappa shape index (κ2) is 3.68. The molecule has 2 N–H and O–H groups in total. The minimum absolute atomic E-state index is 0.00430. The number of ketones is 1. The summed E-state index contributed by atoms with van der Waals surface area (Å²) in [7, 11) is 1.88. The highest BCUT2D eigenvalue weighted by Gasteiger charge is 2.14. The highest BCUT2D eigenvalue weighted by Crippen LogP contribution is 2.28. The molecule has 2 aromatic rings. The van der Waals surface area contributed by atoms with E-state index < -0.39 is 0 Å². The summed E-state index contributed by atoms with van der Waals surface area (Å²) in [6, 6.07) is 5.56. The van der Waals surface area contributed by atoms with Crippen molar-refractivity contribution in [2.45, 2.75) is 0 Å². The summed E-state index contributed by atoms with van der Waals surface area (Å²) in [5.41, 5.74) is 6.89. The van der Waals surface area contributed by atoms with Crippen molar-refractivity contribution in [3.63, 3.8) is 0 Å². The Kier molecular flexibility index (Phi) is 2.50. The first kappa shape index (κ1) is 10.2. The number of carbonyl (C=O) groups is 1. The van der Waals surface area contributed by atoms with Gasteiger partial charge in [0.1, 0.15) is 0 Å². The quantitative estimate of drug-likeness (QED) is 0.790. The Morgan fingerprint density at radius 2 is 2.27 bits per heavy atom. The first-order valence-corrected chi connectivity index (χ1v) is 4.99. The lowest BCUT2D eigenvalue weighted by Crippen LogP contribution is -2.13. The van der Waals surface area contributed by atoms with Crippen LogP contribution < -0.4 is 5.73 Å². The van der Waals surface area contributed by atoms with Gasteiger partial charge in [-0.3, -0.25) is 4.79 Å². The van der Waals surface area contributed by atoms with Crippen LogP contribution in [0.25, 0.3) is 10.9 Å². The lowest BCUT2D eigenvalue weighted by atomic mass is 10.1. The molecule has 0 bridgehead atoms. The van der Waals surface area contributed by atoms with Gasteiger partial charge in [0.15, 0.2) is 5.78 Å². The number of halogens is 1. The smallest absolute Gasteiger partial charge is 0.178 e. The fourth-order valence-corrected chi connectivity index (χ4v) is 1.99. The Hall–Kier alpha value is -1.32. The van der Waals surface area contributed by atoms with Gasteiger partial charge in [-0.25, -0.2) is 0 Å². The highest BCUT2D eigenvalue weighted by atomic mass is 35.5. The van der Waals surface area contributed by atoms with E-state index in [1.54, 1.807) is 12.3 Å². The van der Waals surface area contributed by atoms with Crippen LogP contribution in [-0.2, 0) is 7.05 Å². The Balaban J connectivity index is 2.81. The van der Waals surface area contributed by atoms with Crippen molar-refractivity contribution in [2.75, 3.05) is 6.54 Å². The number of benzene rings is 1. The van der Waals surface area contributed by atoms with Crippen LogP contribution >= 0.6 is 11.6 Å². The van der Waals surface area contributed by atoms with Crippen LogP contribution in [0.1, 0.15) is 10.4 Å². The predicted octanol–water partition coefficient (Wildman–Crippen LogP) is 1.97. The van der Waals surface area contributed by atoms with Crippen molar-refractivity contribution >= 4 is 28.3 Å². The van der Waals surface area contributed by atoms with E-state index in [2.05, 4.69) is 0 Å². The van der Waals surface area contributed by atoms with E-state index in [9.17, 15) is 4.79 Å². The molecule has 0 aliphatic rings. The maximum Gasteiger partial charge on any atom is 0.178 e. The average Bonchev–Trinajstić information content (AvgIpc) is 2.57. The van der Waals surface area contributed by atoms with Crippen molar-refractivity contribution in [1.82, 2.24) is 4.57 Å². The molecule has 0 saturated carbocycles. The summed E-state index contributed by atoms with van der Waals surface area (Å²) < 4.78 is 1.88. The number of carbonyl (C=O) groups excluding carboxylic acids is 1. The molecule has 2 rings (SSSR count). The van der Waals surface area contributed by atoms with Crippen LogP contribution in [0.5, 0.6) is 0 Å². The molecule has 0 aliphatic carbocycles. The molecule has 0 atom stereocenters. The molecule has 0 amide bonds. The van der Waals surface area contributed by atoms with E-state index in [1.165, 1.54) is 0 Å². The molecule has 0 unspecified atom stereocenters. The van der Waals surface area contributed by atoms with Gasteiger partial charge in [-0.15, -0.1) is 0 Å². The number of fused-ring (bicyclic) bond motifs is 1. The zero-order chi connectivity index (χ0) is 11.0. The van der Waals surface area contributed by atoms with Gasteiger partial charge < -0.3 is 10.3 Å². The summed E-state index contributed by atoms with van der Waals surface area (Å²) in [5, 5.41) is 1.38. The number of hydrogen-bond acceptors (Lipinski definition) is 2. The SMILES string of the molecule is Cn1cc(C(=O)CN)c2c(Cl)cccc21. The number of nitrogens with zero attached hydrogens (tertiary/aromatic N) is 1. The van der Waals surface area contributed by atoms with Crippen LogP contribution in [0.3, 0.4) is 0 Å². The Morgan fingerprint density at radius 1 is 1.53 bits per heavy atom. The molecule has 0 fully saturated rings. The lowest BCUT2D eigenvalue weighted by Gasteiger charge is -1.98. The number of aryl methyl sites for hydroxylation is 1. The lowest BCUT2D eigenvalue weighted by molar-refractivity contribution is 0.100. The molecular formula is C11H11ClN2O. The zero-order valence-corrected chi connectivity index (χ0v) is 9.08. The van der Waals surface area contributed by atoms with Gasteiger partial charge in [0.25, 0.3) is 0 Å². The maximum atomic E-state index is 11.6. The number of rotatable bonds is 2. The number of hydrogen-bond donors (Lipinski definition) is 1. The number of Topliss-reactive ketones (excluding diaryl/α,β-unsaturated/α-hetero) is 1. The Morgan fingerprint density at radius 3 is 2.93 bits per heavy atom. The molecule has 0 saturated heterocycles. The van der Waals surface area contributed by atoms with Gasteiger partial charge in [-0.05, 0) is 12.1 Å². The predicted molar refractivity (Wildman–Crippen MR) is 61.3 cm³/mol. The van der Waals surface area contributed by atoms with Gasteiger partial charge >= 0.3 is 0 Å². The fourth-order valence-electron chi connectivity index (χ4n) is 1.72. The number of aromatic nitrogens is 1. The topological polar surface area (TPSA) is 48.0 Å². The van der Waals surface area contributed by atoms with Crippen molar-refractivity contribution in [3.8, 4) is 0 Å². The Bertz CT molecular complexity index is 531. The summed E-state index contributed by atoms with van der Waals surface area (Å²) in [4.78, 5) is 11.6. The van der Waals surface area contributed by atoms with Gasteiger partial charge in [0.2, 0.25) is 0 Å². The minimum atomic E-state index is -0.0892. The van der Waals surface area contributed by atoms with E-state index in [1.807, 2.05) is 23.7 Å². The van der Waals surface area contributed by atoms with Gasteiger partial charge in [0, 0.05) is 29.7 Å². The van der Waals surface area contributed by atoms with E-state index in [0.717, 1.165) is 10.9 Å². The van der Waals surface area contributed by atoms with Crippen LogP contribution in [0.15, 0.2) is 24.4 Å². The van der Waals surface area contributed by atoms with Gasteiger partial charge in [-0.1, -0.05) is 17.7 Å². The van der Waals surface area contributed by atoms with Crippen molar-refractivity contribution in [3.05, 3.63) is 35.0 Å². The van der Waals surface area contributed by atoms with Crippen LogP contribution in [-0.4, -0.2) is 16.9 Å². The first-order chi connectivity index (χ1) is 7.15. The third-order valence-electron chi connectivity index (χ3n) is 2.45. The van der Waals surface area contributed by atoms with Crippen LogP contribution in [0, 0.1) is 0 Å². The Labute approximate surface area is 92.4 Å². The monoisotopic (exact) mass is 222 g/mol. The van der Waals surface area contributed by atoms with Crippen molar-refractivity contribution in [1.29, 1.82) is 0 Å². The first-order valence-electron chi connectivity index (χ1n) is 4.62. The summed E-state index contributed by atoms with van der Waals surface area (Å²) in [6.07, 6.45) is 1.77. The summed E-state index contributed by atoms with van der Waals surface area (Å²) >= 11 is 6.07. The second-order valence-electron chi connectivity index (χ2n) is 3.41. The molecule has 78 valence electrons. The van der Waals surface area contributed by atoms with Crippen molar-refractivity contribution < 1.29 is 4.79 Å². The second-order valence-corrected chi connectivity index (χ2v) is 3.82. The van der Waals surface area contributed by atoms with Crippen LogP contribution in [0.2, 0.25) is 5.02 Å². The van der Waals surface area contributed by atoms with Crippen LogP contribution in [0.4, 0.5) is 0 Å². The number of nitrogens with two attached hydrogens (primary N) is 1. The minimum Gasteiger partial charge on any atom is -0.350 e. The molecule has 0 aliphatic heterocycles. The standard InChI is InChI=1S/C11H11ClN2O/c1-14-6-7(10(15)5-13)11-8(12)3-2-4-9(11)14/h2-4,6H,5,13H2,1H3. The zero-order valence-electron chi connectivity index (χ0n) is 8.33. The largest absolute Gasteiger partial charge is 0.350 e. The molecule has 1 aromatic carbocycles. The van der Waals surface area contributed by atoms with Crippen molar-refractivity contribution in [2.24, 2.45) is 12.8 Å². The summed E-state index contributed by atoms with van der Waals surface area (Å²) in [5.74, 6) is -0.0892. The highest BCUT2D eigenvalue weighted by molar-refractivity contribution is 6.37. The van der Waals surface area contributed by atoms with E-state index in [4.69, 9.17) is 17.3 Å². The molecule has 4 heteroatoms. The third-order valence-corrected chi connectivity index (χ3v) is 2.76. The molecule has 1 heterocycles. The summed E-state index contributed by atoms with van der Waals surface area (Å²) in [6.45, 7) is 0.00430. The maximum absolute atomic E-state index is 11.6. The van der Waals surface area contributed by atoms with E-state index in [-0.39, 0.29) is 12.3 Å². The average molecular weight is 223 g/mol. The van der Waals surface area contributed by atoms with E-state index >= 15 is 0 Å². The van der Waals surface area contributed by atoms with E-state index in [0.29, 0.717) is 10.6 Å². The molecule has 15 heavy (non-hydrogen) atoms. The molecule has 3 nitrogen and oxygen atoms in total. The third kappa shape index (κ3) is 1.54. The van der Waals surface area contributed by atoms with Gasteiger partial charge in [-0.2, -0.15) is 0 Å². The molecule has 0 radical (unpaired) electrons. The van der Waals surface area contributed by atoms with Gasteiger partial charge in [0.05, 0.1) is 11.6 Å². The normalized spacial score (nSPS) is 10.9. The fraction of sp³-hybridized carbons (Fsp3) is 0.182.